The van der Waals surface area contributed by atoms with Crippen molar-refractivity contribution in [1.82, 2.24) is 5.32 Å². The summed E-state index contributed by atoms with van der Waals surface area (Å²) in [6, 6.07) is 12.1. The van der Waals surface area contributed by atoms with Crippen LogP contribution in [0.5, 0.6) is 5.75 Å². The van der Waals surface area contributed by atoms with Crippen molar-refractivity contribution in [1.29, 1.82) is 0 Å². The van der Waals surface area contributed by atoms with Crippen LogP contribution >= 0.6 is 0 Å². The summed E-state index contributed by atoms with van der Waals surface area (Å²) in [5.41, 5.74) is 1.18. The number of hydrogen-bond donors (Lipinski definition) is 1. The third kappa shape index (κ3) is 6.08. The number of furan rings is 1. The molecule has 0 fully saturated rings. The highest BCUT2D eigenvalue weighted by atomic mass is 16.5. The molecule has 23 heavy (non-hydrogen) atoms. The summed E-state index contributed by atoms with van der Waals surface area (Å²) in [7, 11) is 0. The van der Waals surface area contributed by atoms with Crippen molar-refractivity contribution < 1.29 is 13.9 Å². The second-order valence-electron chi connectivity index (χ2n) is 5.96. The van der Waals surface area contributed by atoms with Crippen LogP contribution in [0.1, 0.15) is 38.1 Å². The summed E-state index contributed by atoms with van der Waals surface area (Å²) in [6.45, 7) is 9.04. The molecule has 0 aliphatic heterocycles. The van der Waals surface area contributed by atoms with Crippen LogP contribution in [0, 0.1) is 5.92 Å². The maximum Gasteiger partial charge on any atom is 0.123 e. The highest BCUT2D eigenvalue weighted by molar-refractivity contribution is 5.28. The van der Waals surface area contributed by atoms with Crippen molar-refractivity contribution in [2.75, 3.05) is 19.8 Å². The molecule has 1 aromatic carbocycles. The molecule has 2 rings (SSSR count). The molecule has 1 aromatic heterocycles. The highest BCUT2D eigenvalue weighted by Gasteiger charge is 2.14. The molecule has 0 aliphatic rings. The molecule has 0 saturated carbocycles. The molecule has 0 amide bonds. The van der Waals surface area contributed by atoms with E-state index in [0.717, 1.165) is 24.7 Å². The second-order valence-corrected chi connectivity index (χ2v) is 5.96. The average Bonchev–Trinajstić information content (AvgIpc) is 3.05. The van der Waals surface area contributed by atoms with Gasteiger partial charge in [0.15, 0.2) is 0 Å². The zero-order valence-electron chi connectivity index (χ0n) is 14.2. The predicted octanol–water partition coefficient (Wildman–Crippen LogP) is 4.18. The fourth-order valence-electron chi connectivity index (χ4n) is 2.31. The van der Waals surface area contributed by atoms with E-state index in [1.807, 2.05) is 31.2 Å². The Bertz CT molecular complexity index is 552. The molecule has 1 atom stereocenters. The van der Waals surface area contributed by atoms with Gasteiger partial charge in [-0.25, -0.2) is 0 Å². The summed E-state index contributed by atoms with van der Waals surface area (Å²) >= 11 is 0. The van der Waals surface area contributed by atoms with Gasteiger partial charge in [0, 0.05) is 13.2 Å². The van der Waals surface area contributed by atoms with Crippen LogP contribution in [0.2, 0.25) is 0 Å². The monoisotopic (exact) mass is 317 g/mol. The van der Waals surface area contributed by atoms with Crippen LogP contribution in [0.4, 0.5) is 0 Å². The highest BCUT2D eigenvalue weighted by Crippen LogP contribution is 2.17. The first kappa shape index (κ1) is 17.6. The fraction of sp³-hybridized carbons (Fsp3) is 0.474. The topological polar surface area (TPSA) is 43.6 Å². The largest absolute Gasteiger partial charge is 0.494 e. The molecular formula is C19H27NO3. The molecule has 0 bridgehead atoms. The SMILES string of the molecule is CCOc1cccc(CNC(COCC(C)C)c2ccco2)c1. The van der Waals surface area contributed by atoms with Gasteiger partial charge in [-0.3, -0.25) is 0 Å². The molecule has 126 valence electrons. The lowest BCUT2D eigenvalue weighted by atomic mass is 10.1. The minimum atomic E-state index is 0.0412. The summed E-state index contributed by atoms with van der Waals surface area (Å²) in [4.78, 5) is 0. The van der Waals surface area contributed by atoms with Crippen LogP contribution in [-0.2, 0) is 11.3 Å². The Morgan fingerprint density at radius 3 is 2.70 bits per heavy atom. The lowest BCUT2D eigenvalue weighted by Crippen LogP contribution is -2.25. The number of benzene rings is 1. The Balaban J connectivity index is 1.93. The van der Waals surface area contributed by atoms with Crippen molar-refractivity contribution in [3.8, 4) is 5.75 Å². The van der Waals surface area contributed by atoms with Crippen molar-refractivity contribution in [3.63, 3.8) is 0 Å². The zero-order chi connectivity index (χ0) is 16.5. The maximum atomic E-state index is 5.78. The molecule has 1 N–H and O–H groups in total. The van der Waals surface area contributed by atoms with Gasteiger partial charge in [0.1, 0.15) is 11.5 Å². The van der Waals surface area contributed by atoms with Crippen molar-refractivity contribution in [2.24, 2.45) is 5.92 Å². The van der Waals surface area contributed by atoms with Gasteiger partial charge in [0.25, 0.3) is 0 Å². The minimum Gasteiger partial charge on any atom is -0.494 e. The van der Waals surface area contributed by atoms with E-state index in [4.69, 9.17) is 13.9 Å². The molecule has 2 aromatic rings. The number of nitrogens with one attached hydrogen (secondary N) is 1. The van der Waals surface area contributed by atoms with Crippen LogP contribution < -0.4 is 10.1 Å². The van der Waals surface area contributed by atoms with Gasteiger partial charge in [0.05, 0.1) is 25.5 Å². The minimum absolute atomic E-state index is 0.0412. The summed E-state index contributed by atoms with van der Waals surface area (Å²) < 4.78 is 16.9. The van der Waals surface area contributed by atoms with Gasteiger partial charge < -0.3 is 19.2 Å². The van der Waals surface area contributed by atoms with Gasteiger partial charge in [-0.15, -0.1) is 0 Å². The Morgan fingerprint density at radius 2 is 2.00 bits per heavy atom. The lowest BCUT2D eigenvalue weighted by Gasteiger charge is -2.18. The molecular weight excluding hydrogens is 290 g/mol. The first-order valence-corrected chi connectivity index (χ1v) is 8.25. The summed E-state index contributed by atoms with van der Waals surface area (Å²) in [5.74, 6) is 2.32. The number of ether oxygens (including phenoxy) is 2. The lowest BCUT2D eigenvalue weighted by molar-refractivity contribution is 0.0844. The molecule has 0 spiro atoms. The van der Waals surface area contributed by atoms with E-state index < -0.39 is 0 Å². The van der Waals surface area contributed by atoms with E-state index in [1.165, 1.54) is 5.56 Å². The molecule has 1 unspecified atom stereocenters. The third-order valence-corrected chi connectivity index (χ3v) is 3.38. The molecule has 0 aliphatic carbocycles. The molecule has 4 heteroatoms. The van der Waals surface area contributed by atoms with E-state index >= 15 is 0 Å². The van der Waals surface area contributed by atoms with E-state index in [9.17, 15) is 0 Å². The van der Waals surface area contributed by atoms with Crippen LogP contribution in [0.25, 0.3) is 0 Å². The van der Waals surface area contributed by atoms with Crippen LogP contribution in [0.15, 0.2) is 47.1 Å². The van der Waals surface area contributed by atoms with E-state index in [1.54, 1.807) is 6.26 Å². The van der Waals surface area contributed by atoms with Crippen LogP contribution in [-0.4, -0.2) is 19.8 Å². The maximum absolute atomic E-state index is 5.78. The predicted molar refractivity (Wildman–Crippen MR) is 91.6 cm³/mol. The average molecular weight is 317 g/mol. The summed E-state index contributed by atoms with van der Waals surface area (Å²) in [6.07, 6.45) is 1.70. The Kier molecular flexibility index (Phi) is 7.17. The Morgan fingerprint density at radius 1 is 1.13 bits per heavy atom. The molecule has 1 heterocycles. The van der Waals surface area contributed by atoms with Gasteiger partial charge in [-0.1, -0.05) is 26.0 Å². The van der Waals surface area contributed by atoms with Gasteiger partial charge in [-0.05, 0) is 42.7 Å². The van der Waals surface area contributed by atoms with Crippen molar-refractivity contribution in [2.45, 2.75) is 33.4 Å². The second kappa shape index (κ2) is 9.38. The van der Waals surface area contributed by atoms with Gasteiger partial charge in [0.2, 0.25) is 0 Å². The molecule has 0 saturated heterocycles. The fourth-order valence-corrected chi connectivity index (χ4v) is 2.31. The van der Waals surface area contributed by atoms with E-state index in [-0.39, 0.29) is 6.04 Å². The Hall–Kier alpha value is -1.78. The van der Waals surface area contributed by atoms with Gasteiger partial charge in [-0.2, -0.15) is 0 Å². The van der Waals surface area contributed by atoms with Crippen molar-refractivity contribution in [3.05, 3.63) is 54.0 Å². The van der Waals surface area contributed by atoms with Gasteiger partial charge >= 0.3 is 0 Å². The normalized spacial score (nSPS) is 12.5. The Labute approximate surface area is 138 Å². The van der Waals surface area contributed by atoms with Crippen LogP contribution in [0.3, 0.4) is 0 Å². The van der Waals surface area contributed by atoms with E-state index in [0.29, 0.717) is 19.1 Å². The molecule has 4 nitrogen and oxygen atoms in total. The van der Waals surface area contributed by atoms with Crippen molar-refractivity contribution >= 4 is 0 Å². The summed E-state index contributed by atoms with van der Waals surface area (Å²) in [5, 5.41) is 3.51. The number of hydrogen-bond acceptors (Lipinski definition) is 4. The first-order valence-electron chi connectivity index (χ1n) is 8.25. The zero-order valence-corrected chi connectivity index (χ0v) is 14.2. The third-order valence-electron chi connectivity index (χ3n) is 3.38. The quantitative estimate of drug-likeness (QED) is 0.714. The smallest absolute Gasteiger partial charge is 0.123 e. The standard InChI is InChI=1S/C19H27NO3/c1-4-22-17-8-5-7-16(11-17)12-20-18(14-21-13-15(2)3)19-9-6-10-23-19/h5-11,15,18,20H,4,12-14H2,1-3H3. The first-order chi connectivity index (χ1) is 11.2. The van der Waals surface area contributed by atoms with E-state index in [2.05, 4.69) is 31.3 Å². The number of rotatable bonds is 10. The molecule has 0 radical (unpaired) electrons.